The van der Waals surface area contributed by atoms with Crippen molar-refractivity contribution in [3.05, 3.63) is 35.9 Å². The standard InChI is InChI=1S/C15H20N2O/c1-11-16-14(13-5-3-2-4-6-13)15(18)17(11)10-9-12-7-8-12/h2-6,11-12,14,16H,7-10H2,1H3. The highest BCUT2D eigenvalue weighted by Gasteiger charge is 2.37. The molecule has 3 rings (SSSR count). The van der Waals surface area contributed by atoms with Gasteiger partial charge in [-0.1, -0.05) is 43.2 Å². The normalized spacial score (nSPS) is 27.8. The van der Waals surface area contributed by atoms with E-state index in [2.05, 4.69) is 12.2 Å². The Labute approximate surface area is 108 Å². The molecule has 0 spiro atoms. The van der Waals surface area contributed by atoms with Crippen molar-refractivity contribution in [2.45, 2.75) is 38.4 Å². The Hall–Kier alpha value is -1.35. The second kappa shape index (κ2) is 4.73. The zero-order valence-electron chi connectivity index (χ0n) is 10.8. The summed E-state index contributed by atoms with van der Waals surface area (Å²) < 4.78 is 0. The van der Waals surface area contributed by atoms with Gasteiger partial charge in [-0.15, -0.1) is 0 Å². The number of carbonyl (C=O) groups excluding carboxylic acids is 1. The zero-order valence-corrected chi connectivity index (χ0v) is 10.8. The van der Waals surface area contributed by atoms with Crippen molar-refractivity contribution in [1.29, 1.82) is 0 Å². The van der Waals surface area contributed by atoms with Gasteiger partial charge in [0, 0.05) is 6.54 Å². The van der Waals surface area contributed by atoms with Crippen LogP contribution < -0.4 is 5.32 Å². The first-order valence-electron chi connectivity index (χ1n) is 6.87. The minimum atomic E-state index is -0.152. The van der Waals surface area contributed by atoms with Crippen LogP contribution in [0.15, 0.2) is 30.3 Å². The molecule has 0 radical (unpaired) electrons. The van der Waals surface area contributed by atoms with Gasteiger partial charge in [0.05, 0.1) is 6.17 Å². The van der Waals surface area contributed by atoms with Crippen LogP contribution in [0.3, 0.4) is 0 Å². The number of nitrogens with one attached hydrogen (secondary N) is 1. The molecule has 2 aliphatic rings. The number of hydrogen-bond acceptors (Lipinski definition) is 2. The highest BCUT2D eigenvalue weighted by Crippen LogP contribution is 2.33. The van der Waals surface area contributed by atoms with E-state index < -0.39 is 0 Å². The van der Waals surface area contributed by atoms with E-state index >= 15 is 0 Å². The second-order valence-electron chi connectivity index (χ2n) is 5.45. The van der Waals surface area contributed by atoms with Gasteiger partial charge in [-0.3, -0.25) is 10.1 Å². The van der Waals surface area contributed by atoms with Crippen molar-refractivity contribution in [2.24, 2.45) is 5.92 Å². The summed E-state index contributed by atoms with van der Waals surface area (Å²) in [5.74, 6) is 1.11. The van der Waals surface area contributed by atoms with E-state index in [1.165, 1.54) is 19.3 Å². The summed E-state index contributed by atoms with van der Waals surface area (Å²) in [6.45, 7) is 2.98. The molecule has 96 valence electrons. The monoisotopic (exact) mass is 244 g/mol. The van der Waals surface area contributed by atoms with Crippen LogP contribution in [0.1, 0.15) is 37.8 Å². The third-order valence-electron chi connectivity index (χ3n) is 4.01. The molecule has 18 heavy (non-hydrogen) atoms. The minimum absolute atomic E-state index is 0.152. The largest absolute Gasteiger partial charge is 0.326 e. The van der Waals surface area contributed by atoms with Crippen LogP contribution in [-0.2, 0) is 4.79 Å². The summed E-state index contributed by atoms with van der Waals surface area (Å²) in [6.07, 6.45) is 4.03. The fourth-order valence-electron chi connectivity index (χ4n) is 2.68. The van der Waals surface area contributed by atoms with Crippen LogP contribution in [0.5, 0.6) is 0 Å². The fourth-order valence-corrected chi connectivity index (χ4v) is 2.68. The summed E-state index contributed by atoms with van der Waals surface area (Å²) in [7, 11) is 0. The quantitative estimate of drug-likeness (QED) is 0.881. The lowest BCUT2D eigenvalue weighted by Crippen LogP contribution is -2.35. The van der Waals surface area contributed by atoms with Gasteiger partial charge in [0.1, 0.15) is 6.04 Å². The van der Waals surface area contributed by atoms with Gasteiger partial charge in [0.15, 0.2) is 0 Å². The average Bonchev–Trinajstić information content (AvgIpc) is 3.16. The molecule has 1 N–H and O–H groups in total. The average molecular weight is 244 g/mol. The van der Waals surface area contributed by atoms with Crippen molar-refractivity contribution in [3.8, 4) is 0 Å². The van der Waals surface area contributed by atoms with Crippen molar-refractivity contribution in [1.82, 2.24) is 10.2 Å². The molecule has 0 aromatic heterocycles. The summed E-state index contributed by atoms with van der Waals surface area (Å²) in [4.78, 5) is 14.4. The van der Waals surface area contributed by atoms with Gasteiger partial charge in [-0.2, -0.15) is 0 Å². The fraction of sp³-hybridized carbons (Fsp3) is 0.533. The Balaban J connectivity index is 1.69. The molecule has 1 aromatic carbocycles. The highest BCUT2D eigenvalue weighted by atomic mass is 16.2. The lowest BCUT2D eigenvalue weighted by Gasteiger charge is -2.20. The van der Waals surface area contributed by atoms with Crippen LogP contribution in [0, 0.1) is 5.92 Å². The van der Waals surface area contributed by atoms with Crippen LogP contribution in [-0.4, -0.2) is 23.5 Å². The molecule has 1 heterocycles. The molecule has 1 aliphatic carbocycles. The molecule has 2 fully saturated rings. The number of nitrogens with zero attached hydrogens (tertiary/aromatic N) is 1. The van der Waals surface area contributed by atoms with Crippen molar-refractivity contribution < 1.29 is 4.79 Å². The molecular formula is C15H20N2O. The molecule has 1 amide bonds. The Bertz CT molecular complexity index is 427. The Morgan fingerprint density at radius 1 is 1.28 bits per heavy atom. The maximum absolute atomic E-state index is 12.4. The van der Waals surface area contributed by atoms with Gasteiger partial charge in [-0.05, 0) is 24.8 Å². The maximum Gasteiger partial charge on any atom is 0.245 e. The summed E-state index contributed by atoms with van der Waals surface area (Å²) in [5.41, 5.74) is 1.07. The molecule has 3 heteroatoms. The van der Waals surface area contributed by atoms with E-state index in [-0.39, 0.29) is 18.1 Å². The number of rotatable bonds is 4. The third-order valence-corrected chi connectivity index (χ3v) is 4.01. The van der Waals surface area contributed by atoms with Gasteiger partial charge >= 0.3 is 0 Å². The Morgan fingerprint density at radius 3 is 2.67 bits per heavy atom. The molecule has 1 saturated heterocycles. The van der Waals surface area contributed by atoms with E-state index in [4.69, 9.17) is 0 Å². The van der Waals surface area contributed by atoms with Gasteiger partial charge in [0.25, 0.3) is 0 Å². The van der Waals surface area contributed by atoms with Crippen molar-refractivity contribution >= 4 is 5.91 Å². The van der Waals surface area contributed by atoms with Crippen molar-refractivity contribution in [3.63, 3.8) is 0 Å². The number of carbonyl (C=O) groups is 1. The highest BCUT2D eigenvalue weighted by molar-refractivity contribution is 5.85. The number of amides is 1. The molecule has 1 aromatic rings. The maximum atomic E-state index is 12.4. The SMILES string of the molecule is CC1NC(c2ccccc2)C(=O)N1CCC1CC1. The Kier molecular flexibility index (Phi) is 3.08. The number of hydrogen-bond donors (Lipinski definition) is 1. The molecular weight excluding hydrogens is 224 g/mol. The topological polar surface area (TPSA) is 32.3 Å². The smallest absolute Gasteiger partial charge is 0.245 e. The van der Waals surface area contributed by atoms with Crippen LogP contribution in [0.2, 0.25) is 0 Å². The first kappa shape index (κ1) is 11.7. The molecule has 1 aliphatic heterocycles. The molecule has 0 bridgehead atoms. The zero-order chi connectivity index (χ0) is 12.5. The van der Waals surface area contributed by atoms with Gasteiger partial charge < -0.3 is 4.90 Å². The molecule has 2 atom stereocenters. The Morgan fingerprint density at radius 2 is 2.00 bits per heavy atom. The third kappa shape index (κ3) is 2.27. The summed E-state index contributed by atoms with van der Waals surface area (Å²) >= 11 is 0. The van der Waals surface area contributed by atoms with Crippen molar-refractivity contribution in [2.75, 3.05) is 6.54 Å². The van der Waals surface area contributed by atoms with E-state index in [1.54, 1.807) is 0 Å². The first-order chi connectivity index (χ1) is 8.75. The molecule has 1 saturated carbocycles. The second-order valence-corrected chi connectivity index (χ2v) is 5.45. The lowest BCUT2D eigenvalue weighted by molar-refractivity contribution is -0.130. The predicted molar refractivity (Wildman–Crippen MR) is 70.8 cm³/mol. The van der Waals surface area contributed by atoms with E-state index in [0.29, 0.717) is 0 Å². The van der Waals surface area contributed by atoms with E-state index in [9.17, 15) is 4.79 Å². The van der Waals surface area contributed by atoms with E-state index in [1.807, 2.05) is 35.2 Å². The van der Waals surface area contributed by atoms with Gasteiger partial charge in [-0.25, -0.2) is 0 Å². The lowest BCUT2D eigenvalue weighted by atomic mass is 10.1. The minimum Gasteiger partial charge on any atom is -0.326 e. The van der Waals surface area contributed by atoms with Crippen LogP contribution >= 0.6 is 0 Å². The van der Waals surface area contributed by atoms with Crippen LogP contribution in [0.4, 0.5) is 0 Å². The van der Waals surface area contributed by atoms with Gasteiger partial charge in [0.2, 0.25) is 5.91 Å². The predicted octanol–water partition coefficient (Wildman–Crippen LogP) is 2.31. The summed E-state index contributed by atoms with van der Waals surface area (Å²) in [6, 6.07) is 9.85. The summed E-state index contributed by atoms with van der Waals surface area (Å²) in [5, 5.41) is 3.39. The van der Waals surface area contributed by atoms with E-state index in [0.717, 1.165) is 18.0 Å². The number of benzene rings is 1. The molecule has 3 nitrogen and oxygen atoms in total. The first-order valence-corrected chi connectivity index (χ1v) is 6.87. The van der Waals surface area contributed by atoms with Crippen LogP contribution in [0.25, 0.3) is 0 Å². The molecule has 2 unspecified atom stereocenters.